The number of esters is 1. The third-order valence-corrected chi connectivity index (χ3v) is 4.73. The minimum atomic E-state index is -4.42. The normalized spacial score (nSPS) is 11.5. The lowest BCUT2D eigenvalue weighted by atomic mass is 10.2. The summed E-state index contributed by atoms with van der Waals surface area (Å²) in [5, 5.41) is 0. The molecule has 0 aliphatic carbocycles. The average Bonchev–Trinajstić information content (AvgIpc) is 2.81. The van der Waals surface area contributed by atoms with Gasteiger partial charge in [0.05, 0.1) is 23.4 Å². The Morgan fingerprint density at radius 2 is 1.64 bits per heavy atom. The molecule has 3 aromatic rings. The Labute approximate surface area is 190 Å². The van der Waals surface area contributed by atoms with Gasteiger partial charge in [-0.15, -0.1) is 0 Å². The van der Waals surface area contributed by atoms with Crippen LogP contribution < -0.4 is 9.47 Å². The third-order valence-electron chi connectivity index (χ3n) is 4.73. The van der Waals surface area contributed by atoms with Gasteiger partial charge in [0, 0.05) is 6.21 Å². The molecule has 0 bridgehead atoms. The maximum atomic E-state index is 12.8. The summed E-state index contributed by atoms with van der Waals surface area (Å²) in [4.78, 5) is 16.4. The van der Waals surface area contributed by atoms with Gasteiger partial charge in [-0.3, -0.25) is 4.99 Å². The predicted octanol–water partition coefficient (Wildman–Crippen LogP) is 7.24. The van der Waals surface area contributed by atoms with Gasteiger partial charge in [-0.05, 0) is 78.7 Å². The summed E-state index contributed by atoms with van der Waals surface area (Å²) in [5.74, 6) is 0.543. The van der Waals surface area contributed by atoms with Crippen molar-refractivity contribution < 1.29 is 27.4 Å². The first-order valence-electron chi connectivity index (χ1n) is 10.6. The molecule has 0 amide bonds. The van der Waals surface area contributed by atoms with Crippen molar-refractivity contribution in [2.45, 2.75) is 32.4 Å². The lowest BCUT2D eigenvalue weighted by Gasteiger charge is -2.07. The Morgan fingerprint density at radius 3 is 2.30 bits per heavy atom. The molecule has 0 fully saturated rings. The van der Waals surface area contributed by atoms with Crippen LogP contribution in [-0.4, -0.2) is 18.8 Å². The number of aliphatic imine (C=N–C) groups is 1. The second-order valence-corrected chi connectivity index (χ2v) is 7.34. The number of nitrogens with zero attached hydrogens (tertiary/aromatic N) is 1. The minimum Gasteiger partial charge on any atom is -0.494 e. The minimum absolute atomic E-state index is 0.193. The quantitative estimate of drug-likeness (QED) is 0.148. The van der Waals surface area contributed by atoms with Gasteiger partial charge in [0.25, 0.3) is 0 Å². The molecule has 0 aliphatic heterocycles. The molecular formula is C26H24F3NO3. The number of alkyl halides is 3. The van der Waals surface area contributed by atoms with E-state index in [1.54, 1.807) is 48.5 Å². The van der Waals surface area contributed by atoms with Crippen molar-refractivity contribution in [3.8, 4) is 11.5 Å². The molecule has 0 aromatic heterocycles. The van der Waals surface area contributed by atoms with Crippen LogP contribution in [0.15, 0.2) is 77.8 Å². The molecule has 7 heteroatoms. The van der Waals surface area contributed by atoms with Gasteiger partial charge in [-0.2, -0.15) is 13.2 Å². The lowest BCUT2D eigenvalue weighted by molar-refractivity contribution is -0.137. The fourth-order valence-electron chi connectivity index (χ4n) is 2.93. The number of hydrogen-bond donors (Lipinski definition) is 0. The Kier molecular flexibility index (Phi) is 8.24. The summed E-state index contributed by atoms with van der Waals surface area (Å²) < 4.78 is 49.4. The second-order valence-electron chi connectivity index (χ2n) is 7.34. The Bertz CT molecular complexity index is 1080. The second kappa shape index (κ2) is 11.3. The van der Waals surface area contributed by atoms with Crippen molar-refractivity contribution in [1.29, 1.82) is 0 Å². The third kappa shape index (κ3) is 7.49. The molecule has 0 radical (unpaired) electrons. The molecule has 0 atom stereocenters. The van der Waals surface area contributed by atoms with Crippen LogP contribution in [0.3, 0.4) is 0 Å². The molecule has 0 spiro atoms. The van der Waals surface area contributed by atoms with Crippen molar-refractivity contribution in [3.63, 3.8) is 0 Å². The molecule has 33 heavy (non-hydrogen) atoms. The summed E-state index contributed by atoms with van der Waals surface area (Å²) in [7, 11) is 0. The summed E-state index contributed by atoms with van der Waals surface area (Å²) in [6.45, 7) is 2.77. The van der Waals surface area contributed by atoms with E-state index in [9.17, 15) is 18.0 Å². The topological polar surface area (TPSA) is 47.9 Å². The van der Waals surface area contributed by atoms with E-state index in [1.807, 2.05) is 0 Å². The van der Waals surface area contributed by atoms with E-state index >= 15 is 0 Å². The summed E-state index contributed by atoms with van der Waals surface area (Å²) in [6.07, 6.45) is 0.248. The molecule has 3 aromatic carbocycles. The van der Waals surface area contributed by atoms with Gasteiger partial charge in [0.2, 0.25) is 0 Å². The molecule has 0 aliphatic rings. The molecule has 0 saturated heterocycles. The van der Waals surface area contributed by atoms with Crippen molar-refractivity contribution in [3.05, 3.63) is 89.5 Å². The highest BCUT2D eigenvalue weighted by molar-refractivity contribution is 5.91. The first kappa shape index (κ1) is 24.0. The molecular weight excluding hydrogens is 431 g/mol. The molecule has 0 N–H and O–H groups in total. The van der Waals surface area contributed by atoms with Crippen LogP contribution in [0.25, 0.3) is 0 Å². The van der Waals surface area contributed by atoms with E-state index in [4.69, 9.17) is 9.47 Å². The van der Waals surface area contributed by atoms with Crippen LogP contribution >= 0.6 is 0 Å². The van der Waals surface area contributed by atoms with Crippen LogP contribution in [-0.2, 0) is 6.18 Å². The van der Waals surface area contributed by atoms with Gasteiger partial charge >= 0.3 is 12.1 Å². The average molecular weight is 455 g/mol. The fourth-order valence-corrected chi connectivity index (χ4v) is 2.93. The highest BCUT2D eigenvalue weighted by Crippen LogP contribution is 2.31. The number of rotatable bonds is 9. The van der Waals surface area contributed by atoms with Crippen molar-refractivity contribution in [2.24, 2.45) is 4.99 Å². The molecule has 0 unspecified atom stereocenters. The number of carbonyl (C=O) groups excluding carboxylic acids is 1. The Balaban J connectivity index is 1.56. The van der Waals surface area contributed by atoms with E-state index < -0.39 is 17.7 Å². The van der Waals surface area contributed by atoms with Crippen molar-refractivity contribution in [2.75, 3.05) is 6.61 Å². The first-order valence-corrected chi connectivity index (χ1v) is 10.6. The van der Waals surface area contributed by atoms with Gasteiger partial charge in [-0.1, -0.05) is 25.8 Å². The van der Waals surface area contributed by atoms with Crippen LogP contribution in [0, 0.1) is 0 Å². The Hall–Kier alpha value is -3.61. The van der Waals surface area contributed by atoms with E-state index in [-0.39, 0.29) is 5.69 Å². The molecule has 3 rings (SSSR count). The number of ether oxygens (including phenoxy) is 2. The predicted molar refractivity (Wildman–Crippen MR) is 122 cm³/mol. The highest BCUT2D eigenvalue weighted by atomic mass is 19.4. The standard InChI is InChI=1S/C26H24F3NO3/c1-2-3-4-16-32-23-14-10-20(11-15-23)25(31)33-24-12-8-19(9-13-24)18-30-22-7-5-6-21(17-22)26(27,28)29/h5-15,17-18H,2-4,16H2,1H3. The zero-order valence-electron chi connectivity index (χ0n) is 18.1. The molecule has 0 heterocycles. The van der Waals surface area contributed by atoms with Crippen LogP contribution in [0.4, 0.5) is 18.9 Å². The number of carbonyl (C=O) groups is 1. The van der Waals surface area contributed by atoms with Gasteiger partial charge in [0.1, 0.15) is 11.5 Å². The number of hydrogen-bond acceptors (Lipinski definition) is 4. The number of benzene rings is 3. The number of unbranched alkanes of at least 4 members (excludes halogenated alkanes) is 2. The monoisotopic (exact) mass is 455 g/mol. The smallest absolute Gasteiger partial charge is 0.416 e. The lowest BCUT2D eigenvalue weighted by Crippen LogP contribution is -2.08. The van der Waals surface area contributed by atoms with Gasteiger partial charge in [-0.25, -0.2) is 4.79 Å². The summed E-state index contributed by atoms with van der Waals surface area (Å²) >= 11 is 0. The molecule has 0 saturated carbocycles. The summed E-state index contributed by atoms with van der Waals surface area (Å²) in [6, 6.07) is 18.0. The van der Waals surface area contributed by atoms with Crippen molar-refractivity contribution >= 4 is 17.9 Å². The molecule has 4 nitrogen and oxygen atoms in total. The van der Waals surface area contributed by atoms with E-state index in [2.05, 4.69) is 11.9 Å². The highest BCUT2D eigenvalue weighted by Gasteiger charge is 2.30. The zero-order chi connectivity index (χ0) is 23.7. The van der Waals surface area contributed by atoms with Gasteiger partial charge in [0.15, 0.2) is 0 Å². The number of halogens is 3. The van der Waals surface area contributed by atoms with Crippen molar-refractivity contribution in [1.82, 2.24) is 0 Å². The first-order chi connectivity index (χ1) is 15.8. The largest absolute Gasteiger partial charge is 0.494 e. The van der Waals surface area contributed by atoms with E-state index in [0.29, 0.717) is 29.2 Å². The fraction of sp³-hybridized carbons (Fsp3) is 0.231. The zero-order valence-corrected chi connectivity index (χ0v) is 18.1. The van der Waals surface area contributed by atoms with E-state index in [0.717, 1.165) is 31.4 Å². The maximum Gasteiger partial charge on any atom is 0.416 e. The summed E-state index contributed by atoms with van der Waals surface area (Å²) in [5.41, 5.74) is 0.483. The van der Waals surface area contributed by atoms with Crippen LogP contribution in [0.5, 0.6) is 11.5 Å². The van der Waals surface area contributed by atoms with E-state index in [1.165, 1.54) is 18.3 Å². The van der Waals surface area contributed by atoms with Crippen LogP contribution in [0.2, 0.25) is 0 Å². The van der Waals surface area contributed by atoms with Crippen LogP contribution in [0.1, 0.15) is 47.7 Å². The Morgan fingerprint density at radius 1 is 0.939 bits per heavy atom. The SMILES string of the molecule is CCCCCOc1ccc(C(=O)Oc2ccc(C=Nc3cccc(C(F)(F)F)c3)cc2)cc1. The van der Waals surface area contributed by atoms with Gasteiger partial charge < -0.3 is 9.47 Å². The maximum absolute atomic E-state index is 12.8. The molecule has 172 valence electrons.